The number of hydrogen-bond donors (Lipinski definition) is 2. The molecule has 0 bridgehead atoms. The Morgan fingerprint density at radius 1 is 1.58 bits per heavy atom. The summed E-state index contributed by atoms with van der Waals surface area (Å²) >= 11 is 0.881. The van der Waals surface area contributed by atoms with Gasteiger partial charge in [0, 0.05) is 11.5 Å². The Morgan fingerprint density at radius 3 is 2.83 bits per heavy atom. The van der Waals surface area contributed by atoms with Gasteiger partial charge in [-0.05, 0) is 5.21 Å². The third-order valence-electron chi connectivity index (χ3n) is 0.857. The Bertz CT molecular complexity index is 285. The average molecular weight is 188 g/mol. The zero-order valence-corrected chi connectivity index (χ0v) is 6.54. The molecule has 0 aliphatic rings. The number of aromatic nitrogens is 3. The molecule has 0 aliphatic carbocycles. The minimum Gasteiger partial charge on any atom is -0.481 e. The Hall–Kier alpha value is -1.57. The minimum absolute atomic E-state index is 0.196. The van der Waals surface area contributed by atoms with Gasteiger partial charge in [-0.25, -0.2) is 0 Å². The lowest BCUT2D eigenvalue weighted by molar-refractivity contribution is -0.139. The first-order chi connectivity index (χ1) is 5.68. The second-order valence-electron chi connectivity index (χ2n) is 1.79. The van der Waals surface area contributed by atoms with Crippen LogP contribution in [0.25, 0.3) is 0 Å². The highest BCUT2D eigenvalue weighted by atomic mass is 32.1. The lowest BCUT2D eigenvalue weighted by Gasteiger charge is -1.94. The summed E-state index contributed by atoms with van der Waals surface area (Å²) in [5.41, 5.74) is 0. The molecule has 8 heteroatoms. The number of carboxylic acids is 1. The molecule has 0 saturated carbocycles. The molecule has 1 amide bonds. The van der Waals surface area contributed by atoms with Crippen molar-refractivity contribution in [1.29, 1.82) is 0 Å². The van der Waals surface area contributed by atoms with E-state index in [1.807, 2.05) is 0 Å². The van der Waals surface area contributed by atoms with Crippen molar-refractivity contribution >= 4 is 28.5 Å². The number of carbonyl (C=O) groups excluding carboxylic acids is 1. The van der Waals surface area contributed by atoms with Gasteiger partial charge in [-0.3, -0.25) is 14.9 Å². The first-order valence-electron chi connectivity index (χ1n) is 2.85. The molecule has 1 rings (SSSR count). The van der Waals surface area contributed by atoms with E-state index in [0.717, 1.165) is 11.5 Å². The first kappa shape index (κ1) is 8.53. The molecular weight excluding hydrogens is 184 g/mol. The van der Waals surface area contributed by atoms with Gasteiger partial charge in [-0.1, -0.05) is 9.59 Å². The fourth-order valence-corrected chi connectivity index (χ4v) is 0.866. The van der Waals surface area contributed by atoms with Crippen molar-refractivity contribution in [3.05, 3.63) is 0 Å². The van der Waals surface area contributed by atoms with Crippen LogP contribution in [0.4, 0.5) is 5.13 Å². The summed E-state index contributed by atoms with van der Waals surface area (Å²) in [6.07, 6.45) is -0.584. The number of anilines is 1. The molecule has 1 heterocycles. The summed E-state index contributed by atoms with van der Waals surface area (Å²) in [7, 11) is 0. The van der Waals surface area contributed by atoms with E-state index in [9.17, 15) is 9.59 Å². The van der Waals surface area contributed by atoms with Gasteiger partial charge in [0.05, 0.1) is 0 Å². The topological polar surface area (TPSA) is 105 Å². The van der Waals surface area contributed by atoms with E-state index in [2.05, 4.69) is 20.1 Å². The van der Waals surface area contributed by atoms with Crippen LogP contribution < -0.4 is 5.32 Å². The van der Waals surface area contributed by atoms with Gasteiger partial charge < -0.3 is 5.11 Å². The summed E-state index contributed by atoms with van der Waals surface area (Å²) in [5, 5.41) is 17.2. The van der Waals surface area contributed by atoms with Crippen molar-refractivity contribution in [3.63, 3.8) is 0 Å². The van der Waals surface area contributed by atoms with Crippen molar-refractivity contribution in [2.45, 2.75) is 6.42 Å². The van der Waals surface area contributed by atoms with Crippen LogP contribution in [0.15, 0.2) is 0 Å². The molecule has 1 aromatic rings. The highest BCUT2D eigenvalue weighted by Gasteiger charge is 2.09. The van der Waals surface area contributed by atoms with E-state index < -0.39 is 18.3 Å². The Morgan fingerprint density at radius 2 is 2.33 bits per heavy atom. The van der Waals surface area contributed by atoms with E-state index in [1.165, 1.54) is 0 Å². The molecule has 0 aliphatic heterocycles. The van der Waals surface area contributed by atoms with Crippen LogP contribution in [0, 0.1) is 0 Å². The molecule has 0 saturated heterocycles. The van der Waals surface area contributed by atoms with Gasteiger partial charge >= 0.3 is 5.97 Å². The molecule has 0 aromatic carbocycles. The molecule has 0 fully saturated rings. The number of aliphatic carboxylic acids is 1. The minimum atomic E-state index is -1.19. The van der Waals surface area contributed by atoms with Crippen LogP contribution in [-0.2, 0) is 9.59 Å². The van der Waals surface area contributed by atoms with Gasteiger partial charge in [-0.15, -0.1) is 0 Å². The number of rotatable bonds is 3. The maximum absolute atomic E-state index is 10.7. The molecule has 7 nitrogen and oxygen atoms in total. The third-order valence-corrected chi connectivity index (χ3v) is 1.37. The second-order valence-corrected chi connectivity index (χ2v) is 2.52. The van der Waals surface area contributed by atoms with Crippen LogP contribution >= 0.6 is 11.5 Å². The number of carbonyl (C=O) groups is 2. The number of hydrogen-bond acceptors (Lipinski definition) is 6. The summed E-state index contributed by atoms with van der Waals surface area (Å²) in [6.45, 7) is 0. The quantitative estimate of drug-likeness (QED) is 0.610. The maximum Gasteiger partial charge on any atom is 0.312 e. The molecule has 0 atom stereocenters. The van der Waals surface area contributed by atoms with Crippen LogP contribution in [-0.4, -0.2) is 31.8 Å². The largest absolute Gasteiger partial charge is 0.481 e. The summed E-state index contributed by atoms with van der Waals surface area (Å²) in [5.74, 6) is -1.83. The zero-order valence-electron chi connectivity index (χ0n) is 5.72. The van der Waals surface area contributed by atoms with Gasteiger partial charge in [0.2, 0.25) is 11.0 Å². The fraction of sp³-hybridized carbons (Fsp3) is 0.250. The predicted molar refractivity (Wildman–Crippen MR) is 38.6 cm³/mol. The third kappa shape index (κ3) is 2.58. The van der Waals surface area contributed by atoms with E-state index in [4.69, 9.17) is 5.11 Å². The molecular formula is C4H4N4O3S. The van der Waals surface area contributed by atoms with Crippen molar-refractivity contribution < 1.29 is 14.7 Å². The fourth-order valence-electron chi connectivity index (χ4n) is 0.483. The molecule has 0 unspecified atom stereocenters. The summed E-state index contributed by atoms with van der Waals surface area (Å²) in [6, 6.07) is 0. The van der Waals surface area contributed by atoms with Gasteiger partial charge in [0.25, 0.3) is 0 Å². The smallest absolute Gasteiger partial charge is 0.312 e. The zero-order chi connectivity index (χ0) is 8.97. The number of amides is 1. The molecule has 12 heavy (non-hydrogen) atoms. The SMILES string of the molecule is O=C(O)CC(=O)Nc1nnns1. The van der Waals surface area contributed by atoms with E-state index >= 15 is 0 Å². The normalized spacial score (nSPS) is 9.33. The lowest BCUT2D eigenvalue weighted by Crippen LogP contribution is -2.15. The average Bonchev–Trinajstić information content (AvgIpc) is 2.37. The van der Waals surface area contributed by atoms with Crippen molar-refractivity contribution in [2.75, 3.05) is 5.32 Å². The Labute approximate surface area is 70.6 Å². The first-order valence-corrected chi connectivity index (χ1v) is 3.62. The van der Waals surface area contributed by atoms with Gasteiger partial charge in [0.15, 0.2) is 0 Å². The Balaban J connectivity index is 2.42. The standard InChI is InChI=1S/C4H4N4O3S/c9-2(1-3(10)11)5-4-6-7-8-12-4/h1H2,(H,10,11)(H,5,6,8,9). The van der Waals surface area contributed by atoms with E-state index in [-0.39, 0.29) is 5.13 Å². The maximum atomic E-state index is 10.7. The van der Waals surface area contributed by atoms with E-state index in [0.29, 0.717) is 0 Å². The predicted octanol–water partition coefficient (Wildman–Crippen LogP) is -0.654. The molecule has 1 aromatic heterocycles. The lowest BCUT2D eigenvalue weighted by atomic mass is 10.4. The van der Waals surface area contributed by atoms with Crippen LogP contribution in [0.5, 0.6) is 0 Å². The monoisotopic (exact) mass is 188 g/mol. The van der Waals surface area contributed by atoms with Crippen molar-refractivity contribution in [1.82, 2.24) is 14.8 Å². The molecule has 0 radical (unpaired) electrons. The number of nitrogens with zero attached hydrogens (tertiary/aromatic N) is 3. The van der Waals surface area contributed by atoms with Gasteiger partial charge in [-0.2, -0.15) is 0 Å². The van der Waals surface area contributed by atoms with Gasteiger partial charge in [0.1, 0.15) is 6.42 Å². The van der Waals surface area contributed by atoms with Crippen molar-refractivity contribution in [2.24, 2.45) is 0 Å². The second kappa shape index (κ2) is 3.72. The Kier molecular flexibility index (Phi) is 2.64. The molecule has 2 N–H and O–H groups in total. The van der Waals surface area contributed by atoms with Crippen LogP contribution in [0.1, 0.15) is 6.42 Å². The summed E-state index contributed by atoms with van der Waals surface area (Å²) in [4.78, 5) is 20.8. The number of carboxylic acid groups (broad SMARTS) is 1. The molecule has 0 spiro atoms. The number of nitrogens with one attached hydrogen (secondary N) is 1. The highest BCUT2D eigenvalue weighted by molar-refractivity contribution is 7.09. The van der Waals surface area contributed by atoms with Crippen LogP contribution in [0.3, 0.4) is 0 Å². The van der Waals surface area contributed by atoms with Crippen LogP contribution in [0.2, 0.25) is 0 Å². The summed E-state index contributed by atoms with van der Waals surface area (Å²) < 4.78 is 3.37. The molecule has 64 valence electrons. The van der Waals surface area contributed by atoms with E-state index in [1.54, 1.807) is 0 Å². The highest BCUT2D eigenvalue weighted by Crippen LogP contribution is 2.04. The van der Waals surface area contributed by atoms with Crippen molar-refractivity contribution in [3.8, 4) is 0 Å².